The van der Waals surface area contributed by atoms with E-state index >= 15 is 0 Å². The van der Waals surface area contributed by atoms with Crippen LogP contribution in [-0.2, 0) is 0 Å². The van der Waals surface area contributed by atoms with Crippen LogP contribution in [0.25, 0.3) is 0 Å². The molecule has 3 rings (SSSR count). The van der Waals surface area contributed by atoms with E-state index in [1.54, 1.807) is 5.38 Å². The van der Waals surface area contributed by atoms with Gasteiger partial charge in [-0.1, -0.05) is 6.42 Å². The first-order chi connectivity index (χ1) is 6.81. The molecular formula is C10H14N2OS. The second-order valence-corrected chi connectivity index (χ2v) is 5.29. The van der Waals surface area contributed by atoms with E-state index in [0.717, 1.165) is 17.0 Å². The van der Waals surface area contributed by atoms with Gasteiger partial charge in [0.15, 0.2) is 5.13 Å². The highest BCUT2D eigenvalue weighted by Crippen LogP contribution is 2.45. The highest BCUT2D eigenvalue weighted by Gasteiger charge is 2.39. The van der Waals surface area contributed by atoms with Crippen molar-refractivity contribution in [3.8, 4) is 5.88 Å². The van der Waals surface area contributed by atoms with E-state index in [2.05, 4.69) is 10.3 Å². The van der Waals surface area contributed by atoms with Gasteiger partial charge in [0.25, 0.3) is 0 Å². The lowest BCUT2D eigenvalue weighted by Crippen LogP contribution is -2.25. The maximum atomic E-state index is 9.12. The normalized spacial score (nSPS) is 35.0. The molecule has 0 saturated heterocycles. The molecule has 76 valence electrons. The van der Waals surface area contributed by atoms with Gasteiger partial charge in [0, 0.05) is 6.04 Å². The molecule has 0 aromatic carbocycles. The van der Waals surface area contributed by atoms with E-state index in [4.69, 9.17) is 5.11 Å². The van der Waals surface area contributed by atoms with Crippen LogP contribution >= 0.6 is 11.3 Å². The van der Waals surface area contributed by atoms with E-state index in [9.17, 15) is 0 Å². The van der Waals surface area contributed by atoms with Crippen LogP contribution in [0, 0.1) is 11.8 Å². The standard InChI is InChI=1S/C10H14N2OS/c13-9-5-14-10(12-9)11-8-4-6-1-2-7(8)3-6/h5-8,13H,1-4H2,(H,11,12). The Morgan fingerprint density at radius 3 is 2.93 bits per heavy atom. The van der Waals surface area contributed by atoms with Gasteiger partial charge in [-0.05, 0) is 31.1 Å². The van der Waals surface area contributed by atoms with E-state index < -0.39 is 0 Å². The van der Waals surface area contributed by atoms with Crippen LogP contribution < -0.4 is 5.32 Å². The first kappa shape index (κ1) is 8.53. The Kier molecular flexibility index (Phi) is 1.90. The number of aromatic hydroxyl groups is 1. The molecule has 0 radical (unpaired) electrons. The first-order valence-corrected chi connectivity index (χ1v) is 6.10. The molecule has 1 heterocycles. The average Bonchev–Trinajstić information content (AvgIpc) is 2.82. The summed E-state index contributed by atoms with van der Waals surface area (Å²) < 4.78 is 0. The predicted octanol–water partition coefficient (Wildman–Crippen LogP) is 2.45. The van der Waals surface area contributed by atoms with Crippen LogP contribution in [0.1, 0.15) is 25.7 Å². The molecule has 3 atom stereocenters. The molecule has 1 aromatic heterocycles. The molecule has 1 aromatic rings. The van der Waals surface area contributed by atoms with Crippen molar-refractivity contribution in [2.45, 2.75) is 31.7 Å². The van der Waals surface area contributed by atoms with Gasteiger partial charge in [-0.25, -0.2) is 0 Å². The molecule has 2 bridgehead atoms. The molecular weight excluding hydrogens is 196 g/mol. The summed E-state index contributed by atoms with van der Waals surface area (Å²) in [4.78, 5) is 4.02. The molecule has 4 heteroatoms. The minimum atomic E-state index is 0.139. The third-order valence-corrected chi connectivity index (χ3v) is 4.30. The lowest BCUT2D eigenvalue weighted by atomic mass is 9.96. The van der Waals surface area contributed by atoms with Crippen LogP contribution in [-0.4, -0.2) is 16.1 Å². The van der Waals surface area contributed by atoms with Gasteiger partial charge in [-0.3, -0.25) is 0 Å². The Hall–Kier alpha value is -0.770. The maximum absolute atomic E-state index is 9.12. The Morgan fingerprint density at radius 1 is 1.43 bits per heavy atom. The number of aromatic nitrogens is 1. The van der Waals surface area contributed by atoms with Crippen molar-refractivity contribution >= 4 is 16.5 Å². The van der Waals surface area contributed by atoms with Gasteiger partial charge in [0.1, 0.15) is 0 Å². The quantitative estimate of drug-likeness (QED) is 0.788. The number of nitrogens with zero attached hydrogens (tertiary/aromatic N) is 1. The highest BCUT2D eigenvalue weighted by atomic mass is 32.1. The zero-order valence-electron chi connectivity index (χ0n) is 7.94. The second-order valence-electron chi connectivity index (χ2n) is 4.44. The molecule has 2 N–H and O–H groups in total. The minimum Gasteiger partial charge on any atom is -0.493 e. The number of hydrogen-bond acceptors (Lipinski definition) is 4. The molecule has 3 nitrogen and oxygen atoms in total. The van der Waals surface area contributed by atoms with E-state index in [1.807, 2.05) is 0 Å². The molecule has 2 aliphatic rings. The Balaban J connectivity index is 1.68. The Morgan fingerprint density at radius 2 is 2.36 bits per heavy atom. The summed E-state index contributed by atoms with van der Waals surface area (Å²) in [5, 5.41) is 15.1. The number of rotatable bonds is 2. The van der Waals surface area contributed by atoms with Crippen molar-refractivity contribution in [3.05, 3.63) is 5.38 Å². The van der Waals surface area contributed by atoms with E-state index in [1.165, 1.54) is 37.0 Å². The van der Waals surface area contributed by atoms with Gasteiger partial charge < -0.3 is 10.4 Å². The number of thiazole rings is 1. The summed E-state index contributed by atoms with van der Waals surface area (Å²) >= 11 is 1.49. The molecule has 0 aliphatic heterocycles. The molecule has 2 saturated carbocycles. The molecule has 3 unspecified atom stereocenters. The summed E-state index contributed by atoms with van der Waals surface area (Å²) in [6.07, 6.45) is 5.49. The Labute approximate surface area is 87.2 Å². The number of fused-ring (bicyclic) bond motifs is 2. The lowest BCUT2D eigenvalue weighted by Gasteiger charge is -2.22. The molecule has 14 heavy (non-hydrogen) atoms. The van der Waals surface area contributed by atoms with Gasteiger partial charge in [0.2, 0.25) is 5.88 Å². The molecule has 0 spiro atoms. The lowest BCUT2D eigenvalue weighted by molar-refractivity contribution is 0.437. The summed E-state index contributed by atoms with van der Waals surface area (Å²) in [6, 6.07) is 0.610. The highest BCUT2D eigenvalue weighted by molar-refractivity contribution is 7.13. The fraction of sp³-hybridized carbons (Fsp3) is 0.700. The van der Waals surface area contributed by atoms with E-state index in [-0.39, 0.29) is 5.88 Å². The van der Waals surface area contributed by atoms with Crippen LogP contribution in [0.2, 0.25) is 0 Å². The third kappa shape index (κ3) is 1.38. The Bertz CT molecular complexity index is 339. The minimum absolute atomic E-state index is 0.139. The third-order valence-electron chi connectivity index (χ3n) is 3.54. The monoisotopic (exact) mass is 210 g/mol. The van der Waals surface area contributed by atoms with E-state index in [0.29, 0.717) is 6.04 Å². The number of nitrogens with one attached hydrogen (secondary N) is 1. The fourth-order valence-corrected chi connectivity index (χ4v) is 3.55. The van der Waals surface area contributed by atoms with Crippen molar-refractivity contribution in [1.82, 2.24) is 4.98 Å². The van der Waals surface area contributed by atoms with Crippen LogP contribution in [0.5, 0.6) is 5.88 Å². The summed E-state index contributed by atoms with van der Waals surface area (Å²) in [7, 11) is 0. The first-order valence-electron chi connectivity index (χ1n) is 5.22. The summed E-state index contributed by atoms with van der Waals surface area (Å²) in [5.74, 6) is 1.94. The molecule has 2 aliphatic carbocycles. The van der Waals surface area contributed by atoms with Crippen LogP contribution in [0.4, 0.5) is 5.13 Å². The van der Waals surface area contributed by atoms with Gasteiger partial charge in [0.05, 0.1) is 5.38 Å². The molecule has 2 fully saturated rings. The van der Waals surface area contributed by atoms with Gasteiger partial charge >= 0.3 is 0 Å². The summed E-state index contributed by atoms with van der Waals surface area (Å²) in [5.41, 5.74) is 0. The van der Waals surface area contributed by atoms with Crippen molar-refractivity contribution in [3.63, 3.8) is 0 Å². The zero-order valence-corrected chi connectivity index (χ0v) is 8.76. The SMILES string of the molecule is Oc1csc(NC2CC3CCC2C3)n1. The van der Waals surface area contributed by atoms with Crippen LogP contribution in [0.3, 0.4) is 0 Å². The number of hydrogen-bond donors (Lipinski definition) is 2. The van der Waals surface area contributed by atoms with Crippen molar-refractivity contribution < 1.29 is 5.11 Å². The summed E-state index contributed by atoms with van der Waals surface area (Å²) in [6.45, 7) is 0. The van der Waals surface area contributed by atoms with Crippen LogP contribution in [0.15, 0.2) is 5.38 Å². The number of anilines is 1. The largest absolute Gasteiger partial charge is 0.493 e. The smallest absolute Gasteiger partial charge is 0.223 e. The predicted molar refractivity (Wildman–Crippen MR) is 56.6 cm³/mol. The fourth-order valence-electron chi connectivity index (χ4n) is 2.91. The topological polar surface area (TPSA) is 45.1 Å². The van der Waals surface area contributed by atoms with Crippen molar-refractivity contribution in [2.24, 2.45) is 11.8 Å². The van der Waals surface area contributed by atoms with Crippen molar-refractivity contribution in [1.29, 1.82) is 0 Å². The molecule has 0 amide bonds. The zero-order chi connectivity index (χ0) is 9.54. The average molecular weight is 210 g/mol. The van der Waals surface area contributed by atoms with Crippen molar-refractivity contribution in [2.75, 3.05) is 5.32 Å². The van der Waals surface area contributed by atoms with Gasteiger partial charge in [-0.15, -0.1) is 11.3 Å². The second kappa shape index (κ2) is 3.12. The maximum Gasteiger partial charge on any atom is 0.223 e. The van der Waals surface area contributed by atoms with Gasteiger partial charge in [-0.2, -0.15) is 4.98 Å².